The monoisotopic (exact) mass is 323 g/mol. The minimum Gasteiger partial charge on any atom is -0.398 e. The van der Waals surface area contributed by atoms with Crippen molar-refractivity contribution >= 4 is 43.7 Å². The Morgan fingerprint density at radius 3 is 2.90 bits per heavy atom. The Labute approximate surface area is 128 Å². The Hall–Kier alpha value is -1.47. The molecule has 2 N–H and O–H groups in total. The third-order valence-corrected chi connectivity index (χ3v) is 6.36. The molecule has 0 spiro atoms. The first kappa shape index (κ1) is 14.5. The lowest BCUT2D eigenvalue weighted by atomic mass is 10.1. The number of benzene rings is 1. The number of nitrogens with zero attached hydrogens (tertiary/aromatic N) is 2. The highest BCUT2D eigenvalue weighted by molar-refractivity contribution is 8.01. The van der Waals surface area contributed by atoms with Gasteiger partial charge in [-0.05, 0) is 18.2 Å². The van der Waals surface area contributed by atoms with E-state index in [9.17, 15) is 8.42 Å². The van der Waals surface area contributed by atoms with E-state index in [4.69, 9.17) is 5.73 Å². The van der Waals surface area contributed by atoms with Gasteiger partial charge >= 0.3 is 0 Å². The number of aromatic nitrogens is 1. The van der Waals surface area contributed by atoms with E-state index in [1.807, 2.05) is 23.1 Å². The summed E-state index contributed by atoms with van der Waals surface area (Å²) in [6.07, 6.45) is 4.75. The topological polar surface area (TPSA) is 76.3 Å². The zero-order chi connectivity index (χ0) is 15.0. The van der Waals surface area contributed by atoms with Crippen LogP contribution in [0.15, 0.2) is 30.6 Å². The molecule has 112 valence electrons. The summed E-state index contributed by atoms with van der Waals surface area (Å²) >= 11 is 1.68. The minimum atomic E-state index is -3.15. The normalized spacial score (nSPS) is 19.9. The number of nitrogen functional groups attached to an aromatic ring is 1. The second-order valence-corrected chi connectivity index (χ2v) is 8.50. The molecule has 1 aliphatic rings. The lowest BCUT2D eigenvalue weighted by molar-refractivity contribution is 0.585. The molecule has 1 fully saturated rings. The molecule has 1 aromatic carbocycles. The molecule has 1 saturated heterocycles. The number of hydrogen-bond donors (Lipinski definition) is 1. The molecule has 1 aromatic heterocycles. The molecular formula is C14H17N3O2S2. The predicted octanol–water partition coefficient (Wildman–Crippen LogP) is 1.74. The van der Waals surface area contributed by atoms with Gasteiger partial charge < -0.3 is 10.6 Å². The quantitative estimate of drug-likeness (QED) is 0.849. The van der Waals surface area contributed by atoms with Crippen LogP contribution in [0.4, 0.5) is 11.4 Å². The van der Waals surface area contributed by atoms with Crippen LogP contribution >= 0.6 is 11.8 Å². The lowest BCUT2D eigenvalue weighted by Crippen LogP contribution is -2.47. The summed E-state index contributed by atoms with van der Waals surface area (Å²) in [6, 6.07) is 5.59. The van der Waals surface area contributed by atoms with Crippen molar-refractivity contribution in [3.63, 3.8) is 0 Å². The zero-order valence-electron chi connectivity index (χ0n) is 11.7. The van der Waals surface area contributed by atoms with Crippen LogP contribution in [-0.2, 0) is 9.84 Å². The first-order valence-corrected chi connectivity index (χ1v) is 9.75. The molecule has 1 atom stereocenters. The van der Waals surface area contributed by atoms with Gasteiger partial charge in [0.05, 0.1) is 0 Å². The number of sulfone groups is 1. The molecule has 0 saturated carbocycles. The first-order chi connectivity index (χ1) is 9.98. The molecule has 1 unspecified atom stereocenters. The van der Waals surface area contributed by atoms with Gasteiger partial charge in [0, 0.05) is 58.8 Å². The van der Waals surface area contributed by atoms with E-state index < -0.39 is 15.2 Å². The molecule has 2 heterocycles. The van der Waals surface area contributed by atoms with Crippen molar-refractivity contribution in [2.45, 2.75) is 5.37 Å². The highest BCUT2D eigenvalue weighted by Gasteiger charge is 2.32. The maximum atomic E-state index is 12.1. The van der Waals surface area contributed by atoms with Crippen molar-refractivity contribution in [3.8, 4) is 0 Å². The summed E-state index contributed by atoms with van der Waals surface area (Å²) in [5.41, 5.74) is 7.58. The fraction of sp³-hybridized carbons (Fsp3) is 0.357. The third kappa shape index (κ3) is 2.67. The van der Waals surface area contributed by atoms with Crippen molar-refractivity contribution in [2.24, 2.45) is 0 Å². The van der Waals surface area contributed by atoms with Crippen molar-refractivity contribution in [1.29, 1.82) is 0 Å². The van der Waals surface area contributed by atoms with Crippen LogP contribution in [0.1, 0.15) is 0 Å². The summed E-state index contributed by atoms with van der Waals surface area (Å²) in [5, 5.41) is 1.31. The standard InChI is InChI=1S/C14H17N3O2S2/c1-21(18,19)14-9-20-7-6-17(14)13-3-2-12(15)10-4-5-16-8-11(10)13/h2-5,8,14H,6-7,9,15H2,1H3. The maximum Gasteiger partial charge on any atom is 0.169 e. The second kappa shape index (κ2) is 5.38. The SMILES string of the molecule is CS(=O)(=O)C1CSCCN1c1ccc(N)c2ccncc12. The second-order valence-electron chi connectivity index (χ2n) is 5.15. The first-order valence-electron chi connectivity index (χ1n) is 6.64. The minimum absolute atomic E-state index is 0.497. The Morgan fingerprint density at radius 2 is 2.14 bits per heavy atom. The molecule has 0 bridgehead atoms. The predicted molar refractivity (Wildman–Crippen MR) is 89.5 cm³/mol. The van der Waals surface area contributed by atoms with Gasteiger partial charge in [0.1, 0.15) is 5.37 Å². The molecule has 7 heteroatoms. The average molecular weight is 323 g/mol. The zero-order valence-corrected chi connectivity index (χ0v) is 13.3. The third-order valence-electron chi connectivity index (χ3n) is 3.72. The van der Waals surface area contributed by atoms with Crippen LogP contribution in [0.5, 0.6) is 0 Å². The lowest BCUT2D eigenvalue weighted by Gasteiger charge is -2.36. The van der Waals surface area contributed by atoms with Crippen LogP contribution in [0, 0.1) is 0 Å². The van der Waals surface area contributed by atoms with E-state index in [2.05, 4.69) is 4.98 Å². The van der Waals surface area contributed by atoms with Gasteiger partial charge in [-0.2, -0.15) is 11.8 Å². The average Bonchev–Trinajstić information content (AvgIpc) is 2.47. The van der Waals surface area contributed by atoms with Gasteiger partial charge in [0.2, 0.25) is 0 Å². The number of anilines is 2. The molecule has 21 heavy (non-hydrogen) atoms. The summed E-state index contributed by atoms with van der Waals surface area (Å²) in [5.74, 6) is 1.50. The number of thioether (sulfide) groups is 1. The summed E-state index contributed by atoms with van der Waals surface area (Å²) < 4.78 is 24.2. The Bertz CT molecular complexity index is 777. The van der Waals surface area contributed by atoms with Crippen LogP contribution in [0.2, 0.25) is 0 Å². The van der Waals surface area contributed by atoms with Gasteiger partial charge in [0.15, 0.2) is 9.84 Å². The van der Waals surface area contributed by atoms with Crippen molar-refractivity contribution in [2.75, 3.05) is 34.9 Å². The van der Waals surface area contributed by atoms with Gasteiger partial charge in [-0.3, -0.25) is 4.98 Å². The molecule has 5 nitrogen and oxygen atoms in total. The Kier molecular flexibility index (Phi) is 3.71. The van der Waals surface area contributed by atoms with E-state index in [0.29, 0.717) is 18.0 Å². The molecule has 0 radical (unpaired) electrons. The van der Waals surface area contributed by atoms with E-state index in [1.54, 1.807) is 24.2 Å². The molecule has 3 rings (SSSR count). The van der Waals surface area contributed by atoms with Gasteiger partial charge in [-0.25, -0.2) is 8.42 Å². The maximum absolute atomic E-state index is 12.1. The molecule has 2 aromatic rings. The molecule has 1 aliphatic heterocycles. The summed E-state index contributed by atoms with van der Waals surface area (Å²) in [7, 11) is -3.15. The van der Waals surface area contributed by atoms with Crippen LogP contribution in [-0.4, -0.2) is 43.1 Å². The summed E-state index contributed by atoms with van der Waals surface area (Å²) in [6.45, 7) is 0.705. The smallest absolute Gasteiger partial charge is 0.169 e. The number of fused-ring (bicyclic) bond motifs is 1. The summed E-state index contributed by atoms with van der Waals surface area (Å²) in [4.78, 5) is 6.13. The molecule has 0 aliphatic carbocycles. The van der Waals surface area contributed by atoms with E-state index >= 15 is 0 Å². The molecule has 0 amide bonds. The molecular weight excluding hydrogens is 306 g/mol. The number of rotatable bonds is 2. The number of hydrogen-bond acceptors (Lipinski definition) is 6. The number of pyridine rings is 1. The van der Waals surface area contributed by atoms with E-state index in [0.717, 1.165) is 22.2 Å². The fourth-order valence-corrected chi connectivity index (χ4v) is 5.49. The van der Waals surface area contributed by atoms with Gasteiger partial charge in [-0.1, -0.05) is 0 Å². The highest BCUT2D eigenvalue weighted by Crippen LogP contribution is 2.34. The van der Waals surface area contributed by atoms with Crippen molar-refractivity contribution in [3.05, 3.63) is 30.6 Å². The Balaban J connectivity index is 2.17. The van der Waals surface area contributed by atoms with Gasteiger partial charge in [-0.15, -0.1) is 0 Å². The van der Waals surface area contributed by atoms with E-state index in [1.165, 1.54) is 6.26 Å². The van der Waals surface area contributed by atoms with Crippen molar-refractivity contribution < 1.29 is 8.42 Å². The van der Waals surface area contributed by atoms with Crippen LogP contribution in [0.3, 0.4) is 0 Å². The fourth-order valence-electron chi connectivity index (χ4n) is 2.66. The van der Waals surface area contributed by atoms with Crippen molar-refractivity contribution in [1.82, 2.24) is 4.98 Å². The highest BCUT2D eigenvalue weighted by atomic mass is 32.2. The largest absolute Gasteiger partial charge is 0.398 e. The Morgan fingerprint density at radius 1 is 1.33 bits per heavy atom. The van der Waals surface area contributed by atoms with E-state index in [-0.39, 0.29) is 0 Å². The van der Waals surface area contributed by atoms with Crippen LogP contribution < -0.4 is 10.6 Å². The number of nitrogens with two attached hydrogens (primary N) is 1. The van der Waals surface area contributed by atoms with Gasteiger partial charge in [0.25, 0.3) is 0 Å². The van der Waals surface area contributed by atoms with Crippen LogP contribution in [0.25, 0.3) is 10.8 Å².